The fourth-order valence-corrected chi connectivity index (χ4v) is 2.25. The molecule has 0 atom stereocenters. The summed E-state index contributed by atoms with van der Waals surface area (Å²) < 4.78 is 16.4. The van der Waals surface area contributed by atoms with Gasteiger partial charge in [0, 0.05) is 12.1 Å². The Morgan fingerprint density at radius 3 is 2.83 bits per heavy atom. The minimum absolute atomic E-state index is 0. The fraction of sp³-hybridized carbons (Fsp3) is 0.375. The molecule has 8 heteroatoms. The van der Waals surface area contributed by atoms with Crippen LogP contribution in [0.5, 0.6) is 5.75 Å². The van der Waals surface area contributed by atoms with Gasteiger partial charge >= 0.3 is 5.97 Å². The highest BCUT2D eigenvalue weighted by atomic mass is 35.5. The van der Waals surface area contributed by atoms with Gasteiger partial charge in [-0.15, -0.1) is 12.4 Å². The predicted molar refractivity (Wildman–Crippen MR) is 94.2 cm³/mol. The number of nitrogens with two attached hydrogens (primary N) is 1. The molecule has 0 spiro atoms. The zero-order valence-electron chi connectivity index (χ0n) is 13.7. The number of ether oxygens (including phenoxy) is 2. The number of fused-ring (bicyclic) bond motifs is 1. The van der Waals surface area contributed by atoms with E-state index in [2.05, 4.69) is 5.32 Å². The van der Waals surface area contributed by atoms with Gasteiger partial charge in [-0.25, -0.2) is 4.79 Å². The predicted octanol–water partition coefficient (Wildman–Crippen LogP) is 2.59. The fourth-order valence-electron chi connectivity index (χ4n) is 2.25. The Morgan fingerprint density at radius 2 is 2.17 bits per heavy atom. The second kappa shape index (κ2) is 9.02. The molecule has 0 radical (unpaired) electrons. The van der Waals surface area contributed by atoms with E-state index in [1.54, 1.807) is 13.0 Å². The smallest absolute Gasteiger partial charge is 0.374 e. The van der Waals surface area contributed by atoms with Crippen LogP contribution in [0, 0.1) is 12.3 Å². The van der Waals surface area contributed by atoms with E-state index >= 15 is 0 Å². The Labute approximate surface area is 146 Å². The van der Waals surface area contributed by atoms with E-state index in [0.29, 0.717) is 43.1 Å². The third-order valence-electron chi connectivity index (χ3n) is 3.27. The van der Waals surface area contributed by atoms with E-state index in [1.165, 1.54) is 0 Å². The standard InChI is InChI=1S/C16H21N3O4.ClH/c1-3-21-15(20)14-10(2)13-11(6-4-7-12(13)23-14)22-9-5-8-19-16(17)18;/h4,6-7H,3,5,8-9H2,1-2H3,(H4,17,18,19);1H. The molecule has 0 amide bonds. The number of benzene rings is 1. The van der Waals surface area contributed by atoms with Gasteiger partial charge in [0.1, 0.15) is 11.3 Å². The van der Waals surface area contributed by atoms with Gasteiger partial charge in [0.25, 0.3) is 0 Å². The van der Waals surface area contributed by atoms with E-state index in [9.17, 15) is 4.79 Å². The van der Waals surface area contributed by atoms with Gasteiger partial charge in [0.2, 0.25) is 5.76 Å². The van der Waals surface area contributed by atoms with Gasteiger partial charge in [-0.3, -0.25) is 5.41 Å². The van der Waals surface area contributed by atoms with Crippen LogP contribution >= 0.6 is 12.4 Å². The molecule has 2 rings (SSSR count). The van der Waals surface area contributed by atoms with Crippen molar-refractivity contribution >= 4 is 35.3 Å². The Kier molecular flexibility index (Phi) is 7.38. The van der Waals surface area contributed by atoms with Crippen LogP contribution in [-0.4, -0.2) is 31.7 Å². The van der Waals surface area contributed by atoms with Crippen LogP contribution in [0.15, 0.2) is 22.6 Å². The molecule has 0 bridgehead atoms. The number of furan rings is 1. The molecule has 0 saturated carbocycles. The van der Waals surface area contributed by atoms with E-state index in [4.69, 9.17) is 25.0 Å². The second-order valence-corrected chi connectivity index (χ2v) is 4.95. The highest BCUT2D eigenvalue weighted by Gasteiger charge is 2.21. The number of rotatable bonds is 7. The Morgan fingerprint density at radius 1 is 1.42 bits per heavy atom. The molecule has 0 saturated heterocycles. The normalized spacial score (nSPS) is 10.1. The minimum atomic E-state index is -0.474. The first-order valence-electron chi connectivity index (χ1n) is 7.44. The summed E-state index contributed by atoms with van der Waals surface area (Å²) >= 11 is 0. The van der Waals surface area contributed by atoms with Crippen LogP contribution in [0.25, 0.3) is 11.0 Å². The second-order valence-electron chi connectivity index (χ2n) is 4.95. The number of hydrogen-bond acceptors (Lipinski definition) is 5. The number of guanidine groups is 1. The molecule has 0 aliphatic carbocycles. The molecule has 132 valence electrons. The van der Waals surface area contributed by atoms with E-state index in [-0.39, 0.29) is 24.1 Å². The number of nitrogens with one attached hydrogen (secondary N) is 2. The number of esters is 1. The quantitative estimate of drug-likeness (QED) is 0.305. The average Bonchev–Trinajstić information content (AvgIpc) is 2.85. The van der Waals surface area contributed by atoms with Crippen molar-refractivity contribution in [3.63, 3.8) is 0 Å². The maximum absolute atomic E-state index is 11.9. The van der Waals surface area contributed by atoms with Crippen molar-refractivity contribution in [3.05, 3.63) is 29.5 Å². The largest absolute Gasteiger partial charge is 0.493 e. The molecule has 2 aromatic rings. The number of halogens is 1. The summed E-state index contributed by atoms with van der Waals surface area (Å²) in [5.41, 5.74) is 6.50. The first kappa shape index (κ1) is 19.6. The zero-order chi connectivity index (χ0) is 16.8. The number of aryl methyl sites for hydroxylation is 1. The summed E-state index contributed by atoms with van der Waals surface area (Å²) in [6.45, 7) is 4.87. The van der Waals surface area contributed by atoms with Gasteiger partial charge in [-0.2, -0.15) is 0 Å². The molecule has 24 heavy (non-hydrogen) atoms. The third kappa shape index (κ3) is 4.55. The van der Waals surface area contributed by atoms with Crippen LogP contribution in [0.4, 0.5) is 0 Å². The van der Waals surface area contributed by atoms with Crippen molar-refractivity contribution in [1.82, 2.24) is 5.32 Å². The number of carbonyl (C=O) groups is 1. The topological polar surface area (TPSA) is 111 Å². The molecule has 4 N–H and O–H groups in total. The molecule has 0 aliphatic rings. The van der Waals surface area contributed by atoms with Gasteiger partial charge in [-0.1, -0.05) is 6.07 Å². The summed E-state index contributed by atoms with van der Waals surface area (Å²) in [5.74, 6) is 0.327. The monoisotopic (exact) mass is 355 g/mol. The first-order chi connectivity index (χ1) is 11.0. The lowest BCUT2D eigenvalue weighted by Gasteiger charge is -2.08. The summed E-state index contributed by atoms with van der Waals surface area (Å²) in [7, 11) is 0. The first-order valence-corrected chi connectivity index (χ1v) is 7.44. The maximum atomic E-state index is 11.9. The lowest BCUT2D eigenvalue weighted by molar-refractivity contribution is 0.0491. The molecule has 1 heterocycles. The average molecular weight is 356 g/mol. The van der Waals surface area contributed by atoms with Gasteiger partial charge in [-0.05, 0) is 32.4 Å². The molecule has 0 fully saturated rings. The summed E-state index contributed by atoms with van der Waals surface area (Å²) in [5, 5.41) is 10.6. The van der Waals surface area contributed by atoms with Crippen molar-refractivity contribution in [2.45, 2.75) is 20.3 Å². The Balaban J connectivity index is 0.00000288. The molecular formula is C16H22ClN3O4. The van der Waals surface area contributed by atoms with Gasteiger partial charge in [0.15, 0.2) is 5.96 Å². The zero-order valence-corrected chi connectivity index (χ0v) is 14.5. The van der Waals surface area contributed by atoms with Crippen LogP contribution in [0.3, 0.4) is 0 Å². The maximum Gasteiger partial charge on any atom is 0.374 e. The number of carbonyl (C=O) groups excluding carboxylic acids is 1. The lowest BCUT2D eigenvalue weighted by atomic mass is 10.1. The molecular weight excluding hydrogens is 334 g/mol. The Bertz CT molecular complexity index is 715. The van der Waals surface area contributed by atoms with Gasteiger partial charge in [0.05, 0.1) is 18.6 Å². The third-order valence-corrected chi connectivity index (χ3v) is 3.27. The molecule has 7 nitrogen and oxygen atoms in total. The van der Waals surface area contributed by atoms with Crippen molar-refractivity contribution in [2.75, 3.05) is 19.8 Å². The van der Waals surface area contributed by atoms with Crippen LogP contribution in [-0.2, 0) is 4.74 Å². The van der Waals surface area contributed by atoms with Crippen LogP contribution < -0.4 is 15.8 Å². The lowest BCUT2D eigenvalue weighted by Crippen LogP contribution is -2.31. The number of hydrogen-bond donors (Lipinski definition) is 3. The van der Waals surface area contributed by atoms with Crippen LogP contribution in [0.2, 0.25) is 0 Å². The molecule has 0 unspecified atom stereocenters. The highest BCUT2D eigenvalue weighted by molar-refractivity contribution is 5.98. The minimum Gasteiger partial charge on any atom is -0.493 e. The molecule has 0 aliphatic heterocycles. The highest BCUT2D eigenvalue weighted by Crippen LogP contribution is 2.33. The van der Waals surface area contributed by atoms with Gasteiger partial charge < -0.3 is 24.9 Å². The van der Waals surface area contributed by atoms with Crippen molar-refractivity contribution in [1.29, 1.82) is 5.41 Å². The van der Waals surface area contributed by atoms with Crippen molar-refractivity contribution in [3.8, 4) is 5.75 Å². The van der Waals surface area contributed by atoms with Crippen molar-refractivity contribution in [2.24, 2.45) is 5.73 Å². The summed E-state index contributed by atoms with van der Waals surface area (Å²) in [4.78, 5) is 11.9. The van der Waals surface area contributed by atoms with E-state index < -0.39 is 5.97 Å². The summed E-state index contributed by atoms with van der Waals surface area (Å²) in [6.07, 6.45) is 0.692. The van der Waals surface area contributed by atoms with Crippen LogP contribution in [0.1, 0.15) is 29.5 Å². The van der Waals surface area contributed by atoms with E-state index in [1.807, 2.05) is 19.1 Å². The summed E-state index contributed by atoms with van der Waals surface area (Å²) in [6, 6.07) is 5.43. The SMILES string of the molecule is CCOC(=O)c1oc2cccc(OCCCNC(=N)N)c2c1C.Cl. The molecule has 1 aromatic heterocycles. The van der Waals surface area contributed by atoms with Crippen molar-refractivity contribution < 1.29 is 18.7 Å². The van der Waals surface area contributed by atoms with E-state index in [0.717, 1.165) is 5.39 Å². The molecule has 1 aromatic carbocycles. The Hall–Kier alpha value is -2.41.